The molecule has 0 bridgehead atoms. The molecule has 0 saturated carbocycles. The number of carbonyl (C=O) groups is 1. The van der Waals surface area contributed by atoms with Crippen LogP contribution in [0.4, 0.5) is 0 Å². The number of Topliss-reactive ketones (excluding diaryl/α,β-unsaturated/α-hetero) is 1. The van der Waals surface area contributed by atoms with Crippen molar-refractivity contribution in [1.29, 1.82) is 0 Å². The number of rotatable bonds is 6. The molecular weight excluding hydrogens is 360 g/mol. The van der Waals surface area contributed by atoms with Crippen molar-refractivity contribution in [2.24, 2.45) is 0 Å². The van der Waals surface area contributed by atoms with Crippen LogP contribution in [0.5, 0.6) is 11.5 Å². The molecule has 6 nitrogen and oxygen atoms in total. The predicted octanol–water partition coefficient (Wildman–Crippen LogP) is 2.78. The second kappa shape index (κ2) is 7.75. The summed E-state index contributed by atoms with van der Waals surface area (Å²) >= 11 is 0. The van der Waals surface area contributed by atoms with Gasteiger partial charge in [-0.1, -0.05) is 6.08 Å². The van der Waals surface area contributed by atoms with Crippen molar-refractivity contribution >= 4 is 11.9 Å². The van der Waals surface area contributed by atoms with E-state index in [0.29, 0.717) is 28.2 Å². The van der Waals surface area contributed by atoms with Crippen LogP contribution in [0.3, 0.4) is 0 Å². The number of carbonyl (C=O) groups excluding carboxylic acids is 1. The minimum absolute atomic E-state index is 0.286. The number of ketones is 1. The molecule has 1 aliphatic heterocycles. The number of hydrogen-bond donors (Lipinski definition) is 3. The number of ether oxygens (including phenoxy) is 2. The molecule has 3 N–H and O–H groups in total. The summed E-state index contributed by atoms with van der Waals surface area (Å²) in [5.74, 6) is 0.499. The topological polar surface area (TPSA) is 96.2 Å². The maximum atomic E-state index is 12.8. The van der Waals surface area contributed by atoms with E-state index >= 15 is 0 Å². The maximum absolute atomic E-state index is 12.8. The molecule has 1 heterocycles. The van der Waals surface area contributed by atoms with Crippen LogP contribution in [0.2, 0.25) is 0 Å². The van der Waals surface area contributed by atoms with Crippen LogP contribution in [-0.2, 0) is 13.2 Å². The third-order valence-electron chi connectivity index (χ3n) is 4.77. The first kappa shape index (κ1) is 20.1. The van der Waals surface area contributed by atoms with Crippen LogP contribution in [0.15, 0.2) is 36.4 Å². The average molecular weight is 384 g/mol. The second-order valence-corrected chi connectivity index (χ2v) is 7.24. The van der Waals surface area contributed by atoms with Gasteiger partial charge in [0.1, 0.15) is 23.2 Å². The van der Waals surface area contributed by atoms with E-state index in [1.54, 1.807) is 18.2 Å². The van der Waals surface area contributed by atoms with Gasteiger partial charge in [-0.15, -0.1) is 0 Å². The molecule has 1 aliphatic rings. The molecule has 0 spiro atoms. The van der Waals surface area contributed by atoms with E-state index < -0.39 is 17.5 Å². The van der Waals surface area contributed by atoms with Gasteiger partial charge in [-0.3, -0.25) is 4.79 Å². The Hall–Kier alpha value is -2.67. The Labute approximate surface area is 163 Å². The van der Waals surface area contributed by atoms with Gasteiger partial charge in [0.15, 0.2) is 5.78 Å². The maximum Gasteiger partial charge on any atom is 0.195 e. The van der Waals surface area contributed by atoms with Gasteiger partial charge in [0.2, 0.25) is 0 Å². The monoisotopic (exact) mass is 384 g/mol. The summed E-state index contributed by atoms with van der Waals surface area (Å²) in [6.45, 7) is 3.21. The first-order valence-corrected chi connectivity index (χ1v) is 8.95. The van der Waals surface area contributed by atoms with E-state index in [1.165, 1.54) is 19.2 Å². The predicted molar refractivity (Wildman–Crippen MR) is 104 cm³/mol. The Morgan fingerprint density at radius 2 is 1.93 bits per heavy atom. The van der Waals surface area contributed by atoms with Crippen molar-refractivity contribution in [3.05, 3.63) is 64.2 Å². The van der Waals surface area contributed by atoms with E-state index in [4.69, 9.17) is 9.47 Å². The smallest absolute Gasteiger partial charge is 0.195 e. The largest absolute Gasteiger partial charge is 0.496 e. The van der Waals surface area contributed by atoms with Crippen LogP contribution in [-0.4, -0.2) is 33.8 Å². The van der Waals surface area contributed by atoms with E-state index in [0.717, 1.165) is 5.56 Å². The van der Waals surface area contributed by atoms with Gasteiger partial charge in [-0.05, 0) is 61.4 Å². The summed E-state index contributed by atoms with van der Waals surface area (Å²) in [6.07, 6.45) is 2.37. The van der Waals surface area contributed by atoms with Crippen molar-refractivity contribution in [2.45, 2.75) is 38.8 Å². The highest BCUT2D eigenvalue weighted by Crippen LogP contribution is 2.33. The Morgan fingerprint density at radius 3 is 2.57 bits per heavy atom. The van der Waals surface area contributed by atoms with E-state index in [2.05, 4.69) is 0 Å². The van der Waals surface area contributed by atoms with Crippen LogP contribution >= 0.6 is 0 Å². The SMILES string of the molecule is COc1cc(C(O)C(=O)c2ccc3c(c2)C=CC(C)(C)O3)cc(CO)c1CO. The van der Waals surface area contributed by atoms with Crippen LogP contribution < -0.4 is 9.47 Å². The van der Waals surface area contributed by atoms with E-state index in [9.17, 15) is 20.1 Å². The highest BCUT2D eigenvalue weighted by molar-refractivity contribution is 6.00. The van der Waals surface area contributed by atoms with Crippen molar-refractivity contribution in [3.63, 3.8) is 0 Å². The number of aliphatic hydroxyl groups excluding tert-OH is 3. The molecular formula is C22H24O6. The van der Waals surface area contributed by atoms with Gasteiger partial charge >= 0.3 is 0 Å². The average Bonchev–Trinajstić information content (AvgIpc) is 2.70. The standard InChI is InChI=1S/C22H24O6/c1-22(2)7-6-13-8-14(4-5-18(13)28-22)20(25)21(26)15-9-16(11-23)17(12-24)19(10-15)27-3/h4-10,21,23-24,26H,11-12H2,1-3H3. The minimum atomic E-state index is -1.44. The lowest BCUT2D eigenvalue weighted by Gasteiger charge is -2.28. The fraction of sp³-hybridized carbons (Fsp3) is 0.318. The first-order chi connectivity index (χ1) is 13.3. The highest BCUT2D eigenvalue weighted by atomic mass is 16.5. The molecule has 1 unspecified atom stereocenters. The molecule has 1 atom stereocenters. The lowest BCUT2D eigenvalue weighted by Crippen LogP contribution is -2.27. The third-order valence-corrected chi connectivity index (χ3v) is 4.77. The third kappa shape index (κ3) is 3.80. The molecule has 3 rings (SSSR count). The summed E-state index contributed by atoms with van der Waals surface area (Å²) in [7, 11) is 1.42. The molecule has 2 aromatic rings. The molecule has 0 radical (unpaired) electrons. The molecule has 0 fully saturated rings. The Morgan fingerprint density at radius 1 is 1.18 bits per heavy atom. The number of benzene rings is 2. The zero-order chi connectivity index (χ0) is 20.5. The van der Waals surface area contributed by atoms with Crippen molar-refractivity contribution in [1.82, 2.24) is 0 Å². The van der Waals surface area contributed by atoms with Crippen LogP contribution in [0, 0.1) is 0 Å². The van der Waals surface area contributed by atoms with Gasteiger partial charge < -0.3 is 24.8 Å². The molecule has 28 heavy (non-hydrogen) atoms. The van der Waals surface area contributed by atoms with Gasteiger partial charge in [0.05, 0.1) is 20.3 Å². The summed E-state index contributed by atoms with van der Waals surface area (Å²) < 4.78 is 11.1. The molecule has 0 amide bonds. The number of fused-ring (bicyclic) bond motifs is 1. The Bertz CT molecular complexity index is 904. The second-order valence-electron chi connectivity index (χ2n) is 7.24. The summed E-state index contributed by atoms with van der Waals surface area (Å²) in [5.41, 5.74) is 1.80. The van der Waals surface area contributed by atoms with Gasteiger partial charge in [-0.2, -0.15) is 0 Å². The normalized spacial score (nSPS) is 15.5. The molecule has 6 heteroatoms. The Kier molecular flexibility index (Phi) is 5.56. The Balaban J connectivity index is 1.93. The molecule has 0 aromatic heterocycles. The fourth-order valence-corrected chi connectivity index (χ4v) is 3.23. The highest BCUT2D eigenvalue weighted by Gasteiger charge is 2.25. The van der Waals surface area contributed by atoms with Crippen molar-refractivity contribution in [2.75, 3.05) is 7.11 Å². The first-order valence-electron chi connectivity index (χ1n) is 8.95. The van der Waals surface area contributed by atoms with E-state index in [1.807, 2.05) is 26.0 Å². The summed E-state index contributed by atoms with van der Waals surface area (Å²) in [5, 5.41) is 29.7. The summed E-state index contributed by atoms with van der Waals surface area (Å²) in [4.78, 5) is 12.8. The van der Waals surface area contributed by atoms with E-state index in [-0.39, 0.29) is 18.8 Å². The summed E-state index contributed by atoms with van der Waals surface area (Å²) in [6, 6.07) is 8.01. The van der Waals surface area contributed by atoms with Crippen LogP contribution in [0.25, 0.3) is 6.08 Å². The van der Waals surface area contributed by atoms with Gasteiger partial charge in [0.25, 0.3) is 0 Å². The fourth-order valence-electron chi connectivity index (χ4n) is 3.23. The molecule has 0 aliphatic carbocycles. The lowest BCUT2D eigenvalue weighted by molar-refractivity contribution is 0.0746. The number of aliphatic hydroxyl groups is 3. The molecule has 148 valence electrons. The van der Waals surface area contributed by atoms with Crippen LogP contribution in [0.1, 0.15) is 52.6 Å². The van der Waals surface area contributed by atoms with Gasteiger partial charge in [0, 0.05) is 16.7 Å². The zero-order valence-electron chi connectivity index (χ0n) is 16.1. The van der Waals surface area contributed by atoms with Crippen molar-refractivity contribution < 1.29 is 29.6 Å². The van der Waals surface area contributed by atoms with Gasteiger partial charge in [-0.25, -0.2) is 0 Å². The molecule has 2 aromatic carbocycles. The minimum Gasteiger partial charge on any atom is -0.496 e. The quantitative estimate of drug-likeness (QED) is 0.663. The zero-order valence-corrected chi connectivity index (χ0v) is 16.1. The number of hydrogen-bond acceptors (Lipinski definition) is 6. The van der Waals surface area contributed by atoms with Crippen molar-refractivity contribution in [3.8, 4) is 11.5 Å². The number of methoxy groups -OCH3 is 1. The molecule has 0 saturated heterocycles. The lowest BCUT2D eigenvalue weighted by atomic mass is 9.94.